The van der Waals surface area contributed by atoms with Crippen molar-refractivity contribution in [3.63, 3.8) is 0 Å². The second-order valence-corrected chi connectivity index (χ2v) is 5.91. The normalized spacial score (nSPS) is 12.8. The lowest BCUT2D eigenvalue weighted by molar-refractivity contribution is 0.0527. The SMILES string of the molecule is C[C@H](O)c1ccccc1CCCNC(=O)OC(C)(C)C. The number of alkyl carbamates (subject to hydrolysis) is 1. The highest BCUT2D eigenvalue weighted by molar-refractivity contribution is 5.67. The predicted octanol–water partition coefficient (Wildman–Crippen LogP) is 3.20. The zero-order valence-corrected chi connectivity index (χ0v) is 12.8. The molecule has 1 aromatic rings. The Balaban J connectivity index is 2.37. The van der Waals surface area contributed by atoms with Crippen molar-refractivity contribution in [2.24, 2.45) is 0 Å². The van der Waals surface area contributed by atoms with E-state index in [1.807, 2.05) is 45.0 Å². The molecule has 0 aliphatic carbocycles. The highest BCUT2D eigenvalue weighted by Crippen LogP contribution is 2.18. The summed E-state index contributed by atoms with van der Waals surface area (Å²) in [6.45, 7) is 7.84. The van der Waals surface area contributed by atoms with Crippen molar-refractivity contribution in [2.75, 3.05) is 6.54 Å². The Hall–Kier alpha value is -1.55. The Labute approximate surface area is 121 Å². The molecule has 1 aromatic carbocycles. The fraction of sp³-hybridized carbons (Fsp3) is 0.562. The first kappa shape index (κ1) is 16.5. The van der Waals surface area contributed by atoms with Gasteiger partial charge in [0, 0.05) is 6.54 Å². The van der Waals surface area contributed by atoms with Crippen LogP contribution < -0.4 is 5.32 Å². The van der Waals surface area contributed by atoms with Gasteiger partial charge in [0.15, 0.2) is 0 Å². The molecular weight excluding hydrogens is 254 g/mol. The van der Waals surface area contributed by atoms with E-state index in [4.69, 9.17) is 4.74 Å². The maximum atomic E-state index is 11.5. The predicted molar refractivity (Wildman–Crippen MR) is 79.6 cm³/mol. The smallest absolute Gasteiger partial charge is 0.407 e. The molecule has 0 aromatic heterocycles. The summed E-state index contributed by atoms with van der Waals surface area (Å²) in [5.74, 6) is 0. The highest BCUT2D eigenvalue weighted by Gasteiger charge is 2.15. The lowest BCUT2D eigenvalue weighted by atomic mass is 9.99. The molecule has 1 amide bonds. The topological polar surface area (TPSA) is 58.6 Å². The lowest BCUT2D eigenvalue weighted by Gasteiger charge is -2.19. The third-order valence-corrected chi connectivity index (χ3v) is 2.80. The molecule has 0 spiro atoms. The molecule has 20 heavy (non-hydrogen) atoms. The molecule has 0 heterocycles. The van der Waals surface area contributed by atoms with Gasteiger partial charge in [0.25, 0.3) is 0 Å². The van der Waals surface area contributed by atoms with Crippen LogP contribution >= 0.6 is 0 Å². The van der Waals surface area contributed by atoms with E-state index in [-0.39, 0.29) is 6.09 Å². The van der Waals surface area contributed by atoms with Crippen molar-refractivity contribution < 1.29 is 14.6 Å². The summed E-state index contributed by atoms with van der Waals surface area (Å²) in [4.78, 5) is 11.5. The number of benzene rings is 1. The van der Waals surface area contributed by atoms with Gasteiger partial charge in [-0.05, 0) is 51.7 Å². The molecule has 2 N–H and O–H groups in total. The number of aliphatic hydroxyl groups is 1. The largest absolute Gasteiger partial charge is 0.444 e. The third-order valence-electron chi connectivity index (χ3n) is 2.80. The van der Waals surface area contributed by atoms with Crippen molar-refractivity contribution >= 4 is 6.09 Å². The number of aryl methyl sites for hydroxylation is 1. The van der Waals surface area contributed by atoms with E-state index in [1.165, 1.54) is 0 Å². The number of ether oxygens (including phenoxy) is 1. The van der Waals surface area contributed by atoms with Gasteiger partial charge in [-0.15, -0.1) is 0 Å². The summed E-state index contributed by atoms with van der Waals surface area (Å²) < 4.78 is 5.16. The molecule has 112 valence electrons. The zero-order chi connectivity index (χ0) is 15.2. The molecule has 4 heteroatoms. The van der Waals surface area contributed by atoms with E-state index in [9.17, 15) is 9.90 Å². The maximum Gasteiger partial charge on any atom is 0.407 e. The molecule has 0 fully saturated rings. The highest BCUT2D eigenvalue weighted by atomic mass is 16.6. The molecule has 0 saturated carbocycles. The summed E-state index contributed by atoms with van der Waals surface area (Å²) in [7, 11) is 0. The van der Waals surface area contributed by atoms with Gasteiger partial charge in [0.1, 0.15) is 5.60 Å². The standard InChI is InChI=1S/C16H25NO3/c1-12(18)14-10-6-5-8-13(14)9-7-11-17-15(19)20-16(2,3)4/h5-6,8,10,12,18H,7,9,11H2,1-4H3,(H,17,19)/t12-/m0/s1. The number of carbonyl (C=O) groups is 1. The average molecular weight is 279 g/mol. The summed E-state index contributed by atoms with van der Waals surface area (Å²) >= 11 is 0. The van der Waals surface area contributed by atoms with Crippen molar-refractivity contribution in [1.82, 2.24) is 5.32 Å². The van der Waals surface area contributed by atoms with Crippen LogP contribution in [0.1, 0.15) is 51.3 Å². The van der Waals surface area contributed by atoms with E-state index in [2.05, 4.69) is 5.32 Å². The van der Waals surface area contributed by atoms with Crippen LogP contribution in [-0.2, 0) is 11.2 Å². The number of hydrogen-bond donors (Lipinski definition) is 2. The van der Waals surface area contributed by atoms with Crippen LogP contribution in [0.2, 0.25) is 0 Å². The van der Waals surface area contributed by atoms with Gasteiger partial charge in [0.2, 0.25) is 0 Å². The first-order valence-electron chi connectivity index (χ1n) is 7.02. The van der Waals surface area contributed by atoms with Gasteiger partial charge in [-0.25, -0.2) is 4.79 Å². The first-order valence-corrected chi connectivity index (χ1v) is 7.02. The second kappa shape index (κ2) is 7.29. The number of aliphatic hydroxyl groups excluding tert-OH is 1. The van der Waals surface area contributed by atoms with Crippen LogP contribution in [0, 0.1) is 0 Å². The van der Waals surface area contributed by atoms with Gasteiger partial charge < -0.3 is 15.2 Å². The Morgan fingerprint density at radius 1 is 1.35 bits per heavy atom. The molecule has 0 bridgehead atoms. The molecule has 0 radical (unpaired) electrons. The summed E-state index contributed by atoms with van der Waals surface area (Å²) in [6, 6.07) is 7.82. The first-order chi connectivity index (χ1) is 9.29. The molecule has 0 saturated heterocycles. The quantitative estimate of drug-likeness (QED) is 0.814. The van der Waals surface area contributed by atoms with Crippen LogP contribution in [0.25, 0.3) is 0 Å². The van der Waals surface area contributed by atoms with Gasteiger partial charge in [-0.1, -0.05) is 24.3 Å². The Morgan fingerprint density at radius 3 is 2.60 bits per heavy atom. The lowest BCUT2D eigenvalue weighted by Crippen LogP contribution is -2.33. The minimum absolute atomic E-state index is 0.388. The Kier molecular flexibility index (Phi) is 6.02. The van der Waals surface area contributed by atoms with Crippen LogP contribution in [-0.4, -0.2) is 23.3 Å². The second-order valence-electron chi connectivity index (χ2n) is 5.91. The summed E-state index contributed by atoms with van der Waals surface area (Å²) in [5.41, 5.74) is 1.60. The van der Waals surface area contributed by atoms with Gasteiger partial charge in [0.05, 0.1) is 6.10 Å². The number of rotatable bonds is 5. The molecule has 0 aliphatic rings. The Morgan fingerprint density at radius 2 is 2.00 bits per heavy atom. The van der Waals surface area contributed by atoms with E-state index < -0.39 is 11.7 Å². The monoisotopic (exact) mass is 279 g/mol. The molecule has 0 aliphatic heterocycles. The average Bonchev–Trinajstić information content (AvgIpc) is 2.33. The van der Waals surface area contributed by atoms with E-state index >= 15 is 0 Å². The van der Waals surface area contributed by atoms with Crippen molar-refractivity contribution in [3.8, 4) is 0 Å². The van der Waals surface area contributed by atoms with Crippen LogP contribution in [0.4, 0.5) is 4.79 Å². The van der Waals surface area contributed by atoms with Gasteiger partial charge in [-0.3, -0.25) is 0 Å². The number of carbonyl (C=O) groups excluding carboxylic acids is 1. The van der Waals surface area contributed by atoms with E-state index in [1.54, 1.807) is 6.92 Å². The molecular formula is C16H25NO3. The fourth-order valence-corrected chi connectivity index (χ4v) is 1.95. The minimum atomic E-state index is -0.469. The number of hydrogen-bond acceptors (Lipinski definition) is 3. The fourth-order valence-electron chi connectivity index (χ4n) is 1.95. The van der Waals surface area contributed by atoms with Gasteiger partial charge >= 0.3 is 6.09 Å². The van der Waals surface area contributed by atoms with Crippen LogP contribution in [0.15, 0.2) is 24.3 Å². The Bertz CT molecular complexity index is 436. The molecule has 1 atom stereocenters. The minimum Gasteiger partial charge on any atom is -0.444 e. The van der Waals surface area contributed by atoms with E-state index in [0.717, 1.165) is 24.0 Å². The number of nitrogens with one attached hydrogen (secondary N) is 1. The van der Waals surface area contributed by atoms with Crippen molar-refractivity contribution in [1.29, 1.82) is 0 Å². The van der Waals surface area contributed by atoms with Gasteiger partial charge in [-0.2, -0.15) is 0 Å². The molecule has 4 nitrogen and oxygen atoms in total. The third kappa shape index (κ3) is 6.06. The van der Waals surface area contributed by atoms with Crippen LogP contribution in [0.3, 0.4) is 0 Å². The molecule has 1 rings (SSSR count). The van der Waals surface area contributed by atoms with Crippen molar-refractivity contribution in [2.45, 2.75) is 52.2 Å². The number of amides is 1. The summed E-state index contributed by atoms with van der Waals surface area (Å²) in [6.07, 6.45) is 0.770. The van der Waals surface area contributed by atoms with E-state index in [0.29, 0.717) is 6.54 Å². The molecule has 0 unspecified atom stereocenters. The zero-order valence-electron chi connectivity index (χ0n) is 12.8. The summed E-state index contributed by atoms with van der Waals surface area (Å²) in [5, 5.41) is 12.4. The maximum absolute atomic E-state index is 11.5. The van der Waals surface area contributed by atoms with Crippen LogP contribution in [0.5, 0.6) is 0 Å². The van der Waals surface area contributed by atoms with Crippen molar-refractivity contribution in [3.05, 3.63) is 35.4 Å².